The summed E-state index contributed by atoms with van der Waals surface area (Å²) in [6.07, 6.45) is 3.07. The molecule has 2 rings (SSSR count). The Bertz CT molecular complexity index is 521. The Labute approximate surface area is 99.2 Å². The number of rotatable bonds is 3. The Morgan fingerprint density at radius 2 is 2.00 bits per heavy atom. The number of oxime groups is 1. The Balaban J connectivity index is 2.44. The third-order valence-corrected chi connectivity index (χ3v) is 2.40. The molecule has 17 heavy (non-hydrogen) atoms. The largest absolute Gasteiger partial charge is 0.497 e. The fourth-order valence-electron chi connectivity index (χ4n) is 1.57. The summed E-state index contributed by atoms with van der Waals surface area (Å²) in [4.78, 5) is 4.28. The lowest BCUT2D eigenvalue weighted by Crippen LogP contribution is -1.91. The van der Waals surface area contributed by atoms with E-state index in [2.05, 4.69) is 10.1 Å². The molecule has 1 heterocycles. The van der Waals surface area contributed by atoms with E-state index >= 15 is 0 Å². The van der Waals surface area contributed by atoms with Crippen molar-refractivity contribution >= 4 is 6.21 Å². The molecule has 0 spiro atoms. The Morgan fingerprint density at radius 3 is 2.65 bits per heavy atom. The second kappa shape index (κ2) is 5.12. The van der Waals surface area contributed by atoms with E-state index in [1.165, 1.54) is 6.21 Å². The molecule has 0 saturated heterocycles. The van der Waals surface area contributed by atoms with Gasteiger partial charge in [0, 0.05) is 17.3 Å². The maximum absolute atomic E-state index is 8.59. The van der Waals surface area contributed by atoms with Crippen molar-refractivity contribution in [2.75, 3.05) is 7.11 Å². The van der Waals surface area contributed by atoms with E-state index in [1.807, 2.05) is 30.3 Å². The zero-order chi connectivity index (χ0) is 12.1. The molecule has 1 aromatic heterocycles. The molecule has 0 atom stereocenters. The molecule has 0 bridgehead atoms. The molecule has 0 aliphatic rings. The van der Waals surface area contributed by atoms with Crippen LogP contribution in [-0.2, 0) is 0 Å². The van der Waals surface area contributed by atoms with Gasteiger partial charge in [0.2, 0.25) is 0 Å². The lowest BCUT2D eigenvalue weighted by molar-refractivity contribution is 0.322. The molecule has 4 nitrogen and oxygen atoms in total. The van der Waals surface area contributed by atoms with Crippen molar-refractivity contribution in [3.05, 3.63) is 48.2 Å². The minimum absolute atomic E-state index is 0.764. The quantitative estimate of drug-likeness (QED) is 0.499. The van der Waals surface area contributed by atoms with E-state index in [1.54, 1.807) is 19.4 Å². The van der Waals surface area contributed by atoms with Crippen molar-refractivity contribution in [3.8, 4) is 17.0 Å². The third kappa shape index (κ3) is 2.42. The van der Waals surface area contributed by atoms with Crippen molar-refractivity contribution in [2.45, 2.75) is 0 Å². The van der Waals surface area contributed by atoms with Crippen LogP contribution < -0.4 is 4.74 Å². The van der Waals surface area contributed by atoms with Gasteiger partial charge in [-0.05, 0) is 36.4 Å². The topological polar surface area (TPSA) is 54.7 Å². The van der Waals surface area contributed by atoms with Crippen molar-refractivity contribution < 1.29 is 9.94 Å². The Morgan fingerprint density at radius 1 is 1.24 bits per heavy atom. The summed E-state index contributed by atoms with van der Waals surface area (Å²) in [7, 11) is 1.62. The number of ether oxygens (including phenoxy) is 1. The van der Waals surface area contributed by atoms with Crippen LogP contribution in [0.4, 0.5) is 0 Å². The van der Waals surface area contributed by atoms with Crippen LogP contribution in [0.2, 0.25) is 0 Å². The van der Waals surface area contributed by atoms with Crippen molar-refractivity contribution in [1.29, 1.82) is 0 Å². The van der Waals surface area contributed by atoms with Gasteiger partial charge in [0.25, 0.3) is 0 Å². The molecular formula is C13H12N2O2. The highest BCUT2D eigenvalue weighted by Gasteiger charge is 2.04. The molecule has 4 heteroatoms. The van der Waals surface area contributed by atoms with Crippen LogP contribution >= 0.6 is 0 Å². The molecule has 1 aromatic carbocycles. The zero-order valence-electron chi connectivity index (χ0n) is 9.37. The summed E-state index contributed by atoms with van der Waals surface area (Å²) in [5, 5.41) is 11.6. The highest BCUT2D eigenvalue weighted by atomic mass is 16.5. The van der Waals surface area contributed by atoms with Gasteiger partial charge in [0.1, 0.15) is 5.75 Å². The number of pyridine rings is 1. The molecule has 0 aliphatic carbocycles. The first-order chi connectivity index (χ1) is 8.35. The lowest BCUT2D eigenvalue weighted by atomic mass is 10.1. The van der Waals surface area contributed by atoms with E-state index < -0.39 is 0 Å². The first kappa shape index (κ1) is 11.1. The Hall–Kier alpha value is -2.36. The summed E-state index contributed by atoms with van der Waals surface area (Å²) in [6, 6.07) is 11.2. The standard InChI is InChI=1S/C13H12N2O2/c1-17-12-6-4-10(5-7-12)13-11(9-15-16)3-2-8-14-13/h2-9,16H,1H3. The van der Waals surface area contributed by atoms with Gasteiger partial charge in [-0.1, -0.05) is 5.16 Å². The van der Waals surface area contributed by atoms with Gasteiger partial charge in [-0.3, -0.25) is 4.98 Å². The molecular weight excluding hydrogens is 216 g/mol. The van der Waals surface area contributed by atoms with E-state index in [4.69, 9.17) is 9.94 Å². The van der Waals surface area contributed by atoms with E-state index in [-0.39, 0.29) is 0 Å². The molecule has 0 radical (unpaired) electrons. The number of nitrogens with zero attached hydrogens (tertiary/aromatic N) is 2. The SMILES string of the molecule is COc1ccc(-c2ncccc2C=NO)cc1. The van der Waals surface area contributed by atoms with E-state index in [9.17, 15) is 0 Å². The lowest BCUT2D eigenvalue weighted by Gasteiger charge is -2.05. The molecule has 0 unspecified atom stereocenters. The van der Waals surface area contributed by atoms with E-state index in [0.717, 1.165) is 22.6 Å². The fourth-order valence-corrected chi connectivity index (χ4v) is 1.57. The fraction of sp³-hybridized carbons (Fsp3) is 0.0769. The normalized spacial score (nSPS) is 10.6. The second-order valence-electron chi connectivity index (χ2n) is 3.41. The van der Waals surface area contributed by atoms with Crippen molar-refractivity contribution in [2.24, 2.45) is 5.16 Å². The third-order valence-electron chi connectivity index (χ3n) is 2.40. The number of benzene rings is 1. The van der Waals surface area contributed by atoms with Crippen LogP contribution in [0.3, 0.4) is 0 Å². The van der Waals surface area contributed by atoms with Crippen LogP contribution in [-0.4, -0.2) is 23.5 Å². The van der Waals surface area contributed by atoms with Crippen LogP contribution in [0, 0.1) is 0 Å². The average Bonchev–Trinajstić information content (AvgIpc) is 2.40. The van der Waals surface area contributed by atoms with Gasteiger partial charge >= 0.3 is 0 Å². The molecule has 86 valence electrons. The molecule has 0 aliphatic heterocycles. The second-order valence-corrected chi connectivity index (χ2v) is 3.41. The minimum atomic E-state index is 0.764. The minimum Gasteiger partial charge on any atom is -0.497 e. The van der Waals surface area contributed by atoms with Crippen LogP contribution in [0.15, 0.2) is 47.8 Å². The zero-order valence-corrected chi connectivity index (χ0v) is 9.37. The maximum atomic E-state index is 8.59. The molecule has 0 saturated carbocycles. The number of hydrogen-bond acceptors (Lipinski definition) is 4. The van der Waals surface area contributed by atoms with E-state index in [0.29, 0.717) is 0 Å². The molecule has 1 N–H and O–H groups in total. The number of methoxy groups -OCH3 is 1. The number of hydrogen-bond donors (Lipinski definition) is 1. The average molecular weight is 228 g/mol. The molecule has 0 amide bonds. The summed E-state index contributed by atoms with van der Waals surface area (Å²) in [6.45, 7) is 0. The highest BCUT2D eigenvalue weighted by Crippen LogP contribution is 2.22. The van der Waals surface area contributed by atoms with Crippen LogP contribution in [0.25, 0.3) is 11.3 Å². The predicted molar refractivity (Wildman–Crippen MR) is 65.6 cm³/mol. The predicted octanol–water partition coefficient (Wildman–Crippen LogP) is 2.57. The first-order valence-electron chi connectivity index (χ1n) is 5.12. The van der Waals surface area contributed by atoms with Gasteiger partial charge in [0.05, 0.1) is 19.0 Å². The Kier molecular flexibility index (Phi) is 3.35. The van der Waals surface area contributed by atoms with Gasteiger partial charge < -0.3 is 9.94 Å². The summed E-state index contributed by atoms with van der Waals surface area (Å²) in [5.74, 6) is 0.794. The van der Waals surface area contributed by atoms with Gasteiger partial charge in [-0.25, -0.2) is 0 Å². The van der Waals surface area contributed by atoms with Crippen LogP contribution in [0.5, 0.6) is 5.75 Å². The van der Waals surface area contributed by atoms with Crippen LogP contribution in [0.1, 0.15) is 5.56 Å². The van der Waals surface area contributed by atoms with Gasteiger partial charge in [-0.15, -0.1) is 0 Å². The maximum Gasteiger partial charge on any atom is 0.118 e. The monoisotopic (exact) mass is 228 g/mol. The summed E-state index contributed by atoms with van der Waals surface area (Å²) in [5.41, 5.74) is 2.48. The molecule has 2 aromatic rings. The van der Waals surface area contributed by atoms with Gasteiger partial charge in [-0.2, -0.15) is 0 Å². The number of aromatic nitrogens is 1. The van der Waals surface area contributed by atoms with Crippen molar-refractivity contribution in [3.63, 3.8) is 0 Å². The smallest absolute Gasteiger partial charge is 0.118 e. The highest BCUT2D eigenvalue weighted by molar-refractivity contribution is 5.88. The first-order valence-corrected chi connectivity index (χ1v) is 5.12. The summed E-state index contributed by atoms with van der Waals surface area (Å²) >= 11 is 0. The molecule has 0 fully saturated rings. The summed E-state index contributed by atoms with van der Waals surface area (Å²) < 4.78 is 5.10. The van der Waals surface area contributed by atoms with Crippen molar-refractivity contribution in [1.82, 2.24) is 4.98 Å². The van der Waals surface area contributed by atoms with Gasteiger partial charge in [0.15, 0.2) is 0 Å².